The molecule has 2 fully saturated rings. The molecular weight excluding hydrogens is 285 g/mol. The summed E-state index contributed by atoms with van der Waals surface area (Å²) in [5, 5.41) is 2.71. The molecule has 1 aliphatic heterocycles. The molecule has 1 saturated carbocycles. The summed E-state index contributed by atoms with van der Waals surface area (Å²) in [6, 6.07) is 3.56. The summed E-state index contributed by atoms with van der Waals surface area (Å²) in [6.45, 7) is 1.13. The summed E-state index contributed by atoms with van der Waals surface area (Å²) in [5.74, 6) is -0.0788. The quantitative estimate of drug-likeness (QED) is 0.916. The Labute approximate surface area is 129 Å². The van der Waals surface area contributed by atoms with E-state index in [0.29, 0.717) is 18.2 Å². The zero-order valence-electron chi connectivity index (χ0n) is 12.8. The number of alkyl halides is 1. The van der Waals surface area contributed by atoms with Crippen molar-refractivity contribution >= 4 is 11.8 Å². The molecule has 120 valence electrons. The maximum Gasteiger partial charge on any atom is 0.270 e. The highest BCUT2D eigenvalue weighted by molar-refractivity contribution is 5.93. The maximum absolute atomic E-state index is 14.7. The van der Waals surface area contributed by atoms with Crippen LogP contribution in [-0.4, -0.2) is 46.6 Å². The smallest absolute Gasteiger partial charge is 0.270 e. The van der Waals surface area contributed by atoms with E-state index in [1.165, 1.54) is 0 Å². The molecule has 6 heteroatoms. The van der Waals surface area contributed by atoms with Crippen LogP contribution < -0.4 is 5.32 Å². The number of piperidine rings is 1. The van der Waals surface area contributed by atoms with Gasteiger partial charge in [0, 0.05) is 45.7 Å². The van der Waals surface area contributed by atoms with Gasteiger partial charge in [-0.15, -0.1) is 0 Å². The second kappa shape index (κ2) is 5.74. The molecule has 22 heavy (non-hydrogen) atoms. The highest BCUT2D eigenvalue weighted by atomic mass is 19.1. The van der Waals surface area contributed by atoms with Gasteiger partial charge in [-0.2, -0.15) is 0 Å². The third-order valence-electron chi connectivity index (χ3n) is 4.66. The van der Waals surface area contributed by atoms with Crippen molar-refractivity contribution in [2.75, 3.05) is 19.6 Å². The van der Waals surface area contributed by atoms with Crippen LogP contribution in [0.3, 0.4) is 0 Å². The van der Waals surface area contributed by atoms with Crippen LogP contribution in [-0.2, 0) is 11.8 Å². The van der Waals surface area contributed by atoms with E-state index in [4.69, 9.17) is 0 Å². The van der Waals surface area contributed by atoms with E-state index in [9.17, 15) is 14.0 Å². The molecule has 2 amide bonds. The van der Waals surface area contributed by atoms with E-state index in [0.717, 1.165) is 12.8 Å². The summed E-state index contributed by atoms with van der Waals surface area (Å²) in [4.78, 5) is 26.0. The lowest BCUT2D eigenvalue weighted by molar-refractivity contribution is -0.135. The van der Waals surface area contributed by atoms with Crippen LogP contribution in [0.4, 0.5) is 4.39 Å². The summed E-state index contributed by atoms with van der Waals surface area (Å²) in [5.41, 5.74) is -1.25. The number of amides is 2. The predicted molar refractivity (Wildman–Crippen MR) is 80.1 cm³/mol. The number of nitrogens with zero attached hydrogens (tertiary/aromatic N) is 2. The summed E-state index contributed by atoms with van der Waals surface area (Å²) >= 11 is 0. The van der Waals surface area contributed by atoms with Crippen molar-refractivity contribution < 1.29 is 14.0 Å². The minimum atomic E-state index is -1.83. The summed E-state index contributed by atoms with van der Waals surface area (Å²) in [6.07, 6.45) is 4.19. The van der Waals surface area contributed by atoms with Crippen molar-refractivity contribution in [2.45, 2.75) is 31.4 Å². The molecule has 0 spiro atoms. The average molecular weight is 307 g/mol. The number of aryl methyl sites for hydroxylation is 1. The Morgan fingerprint density at radius 3 is 2.59 bits per heavy atom. The topological polar surface area (TPSA) is 54.3 Å². The molecule has 1 saturated heterocycles. The number of likely N-dealkylation sites (tertiary alicyclic amines) is 1. The Bertz CT molecular complexity index is 572. The van der Waals surface area contributed by atoms with Crippen LogP contribution >= 0.6 is 0 Å². The van der Waals surface area contributed by atoms with Gasteiger partial charge in [0.2, 0.25) is 0 Å². The predicted octanol–water partition coefficient (Wildman–Crippen LogP) is 1.50. The highest BCUT2D eigenvalue weighted by Gasteiger charge is 2.43. The minimum Gasteiger partial charge on any atom is -0.353 e. The zero-order valence-corrected chi connectivity index (χ0v) is 12.8. The molecule has 3 rings (SSSR count). The lowest BCUT2D eigenvalue weighted by Gasteiger charge is -2.35. The molecule has 1 aromatic heterocycles. The van der Waals surface area contributed by atoms with E-state index >= 15 is 0 Å². The first-order chi connectivity index (χ1) is 10.5. The SMILES string of the molecule is Cn1cccc1C(=O)N1CCC(F)(C(=O)NCC2CC2)CC1. The fourth-order valence-electron chi connectivity index (χ4n) is 2.85. The van der Waals surface area contributed by atoms with Gasteiger partial charge in [0.1, 0.15) is 5.69 Å². The standard InChI is InChI=1S/C16H22FN3O2/c1-19-8-2-3-13(19)14(21)20-9-6-16(17,7-10-20)15(22)18-11-12-4-5-12/h2-3,8,12H,4-7,9-11H2,1H3,(H,18,22). The van der Waals surface area contributed by atoms with Crippen molar-refractivity contribution in [3.63, 3.8) is 0 Å². The van der Waals surface area contributed by atoms with Crippen molar-refractivity contribution in [1.82, 2.24) is 14.8 Å². The maximum atomic E-state index is 14.7. The Hall–Kier alpha value is -1.85. The Morgan fingerprint density at radius 1 is 1.36 bits per heavy atom. The van der Waals surface area contributed by atoms with E-state index in [1.807, 2.05) is 19.3 Å². The van der Waals surface area contributed by atoms with Gasteiger partial charge in [-0.05, 0) is 30.9 Å². The molecule has 1 aliphatic carbocycles. The minimum absolute atomic E-state index is 0.0691. The molecule has 0 unspecified atom stereocenters. The summed E-state index contributed by atoms with van der Waals surface area (Å²) < 4.78 is 16.5. The monoisotopic (exact) mass is 307 g/mol. The molecule has 0 aromatic carbocycles. The Kier molecular flexibility index (Phi) is 3.93. The molecule has 0 radical (unpaired) electrons. The van der Waals surface area contributed by atoms with E-state index in [2.05, 4.69) is 5.32 Å². The van der Waals surface area contributed by atoms with Crippen molar-refractivity contribution in [3.8, 4) is 0 Å². The molecule has 0 bridgehead atoms. The Morgan fingerprint density at radius 2 is 2.05 bits per heavy atom. The molecule has 1 aromatic rings. The first kappa shape index (κ1) is 15.1. The normalized spacial score (nSPS) is 20.7. The van der Waals surface area contributed by atoms with Crippen molar-refractivity contribution in [2.24, 2.45) is 13.0 Å². The van der Waals surface area contributed by atoms with Crippen LogP contribution in [0.2, 0.25) is 0 Å². The number of nitrogens with one attached hydrogen (secondary N) is 1. The van der Waals surface area contributed by atoms with E-state index < -0.39 is 11.6 Å². The van der Waals surface area contributed by atoms with Gasteiger partial charge in [-0.1, -0.05) is 0 Å². The largest absolute Gasteiger partial charge is 0.353 e. The van der Waals surface area contributed by atoms with Crippen molar-refractivity contribution in [3.05, 3.63) is 24.0 Å². The number of carbonyl (C=O) groups is 2. The number of hydrogen-bond acceptors (Lipinski definition) is 2. The number of hydrogen-bond donors (Lipinski definition) is 1. The van der Waals surface area contributed by atoms with Crippen LogP contribution in [0.1, 0.15) is 36.2 Å². The number of carbonyl (C=O) groups excluding carboxylic acids is 2. The van der Waals surface area contributed by atoms with E-state index in [1.54, 1.807) is 15.5 Å². The molecular formula is C16H22FN3O2. The molecule has 1 N–H and O–H groups in total. The molecule has 2 heterocycles. The lowest BCUT2D eigenvalue weighted by Crippen LogP contribution is -2.52. The van der Waals surface area contributed by atoms with E-state index in [-0.39, 0.29) is 31.8 Å². The number of halogens is 1. The van der Waals surface area contributed by atoms with Gasteiger partial charge in [-0.3, -0.25) is 9.59 Å². The second-order valence-electron chi connectivity index (χ2n) is 6.42. The zero-order chi connectivity index (χ0) is 15.7. The second-order valence-corrected chi connectivity index (χ2v) is 6.42. The third-order valence-corrected chi connectivity index (χ3v) is 4.66. The fourth-order valence-corrected chi connectivity index (χ4v) is 2.85. The van der Waals surface area contributed by atoms with Gasteiger partial charge in [-0.25, -0.2) is 4.39 Å². The highest BCUT2D eigenvalue weighted by Crippen LogP contribution is 2.30. The molecule has 2 aliphatic rings. The average Bonchev–Trinajstić information content (AvgIpc) is 3.25. The van der Waals surface area contributed by atoms with Crippen LogP contribution in [0.15, 0.2) is 18.3 Å². The third kappa shape index (κ3) is 3.00. The Balaban J connectivity index is 1.55. The number of rotatable bonds is 4. The van der Waals surface area contributed by atoms with Gasteiger partial charge < -0.3 is 14.8 Å². The lowest BCUT2D eigenvalue weighted by atomic mass is 9.92. The van der Waals surface area contributed by atoms with Gasteiger partial charge in [0.25, 0.3) is 11.8 Å². The number of aromatic nitrogens is 1. The first-order valence-corrected chi connectivity index (χ1v) is 7.87. The van der Waals surface area contributed by atoms with Crippen LogP contribution in [0.25, 0.3) is 0 Å². The molecule has 0 atom stereocenters. The van der Waals surface area contributed by atoms with Gasteiger partial charge in [0.15, 0.2) is 5.67 Å². The van der Waals surface area contributed by atoms with Crippen molar-refractivity contribution in [1.29, 1.82) is 0 Å². The van der Waals surface area contributed by atoms with Gasteiger partial charge >= 0.3 is 0 Å². The first-order valence-electron chi connectivity index (χ1n) is 7.87. The summed E-state index contributed by atoms with van der Waals surface area (Å²) in [7, 11) is 1.81. The van der Waals surface area contributed by atoms with Crippen LogP contribution in [0.5, 0.6) is 0 Å². The van der Waals surface area contributed by atoms with Gasteiger partial charge in [0.05, 0.1) is 0 Å². The fraction of sp³-hybridized carbons (Fsp3) is 0.625. The van der Waals surface area contributed by atoms with Crippen LogP contribution in [0, 0.1) is 5.92 Å². The molecule has 5 nitrogen and oxygen atoms in total.